The molecule has 0 spiro atoms. The minimum absolute atomic E-state index is 0.191. The number of fused-ring (bicyclic) bond motifs is 1. The summed E-state index contributed by atoms with van der Waals surface area (Å²) in [5.74, 6) is -0.191. The van der Waals surface area contributed by atoms with E-state index in [4.69, 9.17) is 11.6 Å². The van der Waals surface area contributed by atoms with E-state index in [0.29, 0.717) is 43.1 Å². The quantitative estimate of drug-likeness (QED) is 0.680. The Hall–Kier alpha value is -2.79. The van der Waals surface area contributed by atoms with E-state index in [-0.39, 0.29) is 16.9 Å². The Labute approximate surface area is 168 Å². The SMILES string of the molecule is CCn1cc(C(=O)N2CCN(c3cccc(Cl)c3)CC2)c(=O)c2ccccc21. The molecule has 5 nitrogen and oxygen atoms in total. The zero-order chi connectivity index (χ0) is 19.7. The van der Waals surface area contributed by atoms with Crippen LogP contribution in [0.4, 0.5) is 5.69 Å². The molecule has 1 saturated heterocycles. The van der Waals surface area contributed by atoms with Crippen LogP contribution >= 0.6 is 11.6 Å². The van der Waals surface area contributed by atoms with Gasteiger partial charge in [-0.25, -0.2) is 0 Å². The Morgan fingerprint density at radius 1 is 1.04 bits per heavy atom. The Morgan fingerprint density at radius 3 is 2.50 bits per heavy atom. The van der Waals surface area contributed by atoms with E-state index in [0.717, 1.165) is 11.2 Å². The van der Waals surface area contributed by atoms with Crippen molar-refractivity contribution >= 4 is 34.1 Å². The second-order valence-corrected chi connectivity index (χ2v) is 7.37. The molecular weight excluding hydrogens is 374 g/mol. The minimum Gasteiger partial charge on any atom is -0.368 e. The molecule has 6 heteroatoms. The molecule has 1 fully saturated rings. The topological polar surface area (TPSA) is 45.6 Å². The van der Waals surface area contributed by atoms with Gasteiger partial charge < -0.3 is 14.4 Å². The highest BCUT2D eigenvalue weighted by Gasteiger charge is 2.25. The highest BCUT2D eigenvalue weighted by atomic mass is 35.5. The van der Waals surface area contributed by atoms with Gasteiger partial charge >= 0.3 is 0 Å². The molecule has 1 amide bonds. The van der Waals surface area contributed by atoms with Gasteiger partial charge in [-0.15, -0.1) is 0 Å². The van der Waals surface area contributed by atoms with Gasteiger partial charge in [-0.1, -0.05) is 29.8 Å². The molecule has 1 aliphatic rings. The van der Waals surface area contributed by atoms with Crippen molar-refractivity contribution in [3.63, 3.8) is 0 Å². The lowest BCUT2D eigenvalue weighted by Crippen LogP contribution is -2.49. The third kappa shape index (κ3) is 3.38. The van der Waals surface area contributed by atoms with Crippen molar-refractivity contribution in [3.8, 4) is 0 Å². The Balaban J connectivity index is 1.58. The summed E-state index contributed by atoms with van der Waals surface area (Å²) in [7, 11) is 0. The Bertz CT molecular complexity index is 1080. The lowest BCUT2D eigenvalue weighted by atomic mass is 10.1. The van der Waals surface area contributed by atoms with Crippen molar-refractivity contribution in [1.29, 1.82) is 0 Å². The van der Waals surface area contributed by atoms with Crippen LogP contribution in [0.2, 0.25) is 5.02 Å². The number of aromatic nitrogens is 1. The number of amides is 1. The molecule has 0 radical (unpaired) electrons. The lowest BCUT2D eigenvalue weighted by Gasteiger charge is -2.36. The number of carbonyl (C=O) groups is 1. The first-order chi connectivity index (χ1) is 13.6. The van der Waals surface area contributed by atoms with Gasteiger partial charge in [0.15, 0.2) is 0 Å². The van der Waals surface area contributed by atoms with Crippen LogP contribution in [-0.2, 0) is 6.54 Å². The van der Waals surface area contributed by atoms with Gasteiger partial charge in [0.05, 0.1) is 5.52 Å². The third-order valence-corrected chi connectivity index (χ3v) is 5.53. The highest BCUT2D eigenvalue weighted by molar-refractivity contribution is 6.30. The molecule has 2 heterocycles. The van der Waals surface area contributed by atoms with E-state index in [9.17, 15) is 9.59 Å². The molecule has 0 unspecified atom stereocenters. The van der Waals surface area contributed by atoms with Gasteiger partial charge in [-0.3, -0.25) is 9.59 Å². The predicted molar refractivity (Wildman–Crippen MR) is 113 cm³/mol. The number of nitrogens with zero attached hydrogens (tertiary/aromatic N) is 3. The average molecular weight is 396 g/mol. The first-order valence-electron chi connectivity index (χ1n) is 9.50. The maximum atomic E-state index is 13.1. The number of pyridine rings is 1. The average Bonchev–Trinajstić information content (AvgIpc) is 2.74. The molecule has 2 aromatic carbocycles. The van der Waals surface area contributed by atoms with E-state index < -0.39 is 0 Å². The van der Waals surface area contributed by atoms with E-state index in [2.05, 4.69) is 4.90 Å². The second kappa shape index (κ2) is 7.68. The van der Waals surface area contributed by atoms with Gasteiger partial charge in [0.2, 0.25) is 5.43 Å². The zero-order valence-corrected chi connectivity index (χ0v) is 16.5. The number of rotatable bonds is 3. The third-order valence-electron chi connectivity index (χ3n) is 5.30. The maximum Gasteiger partial charge on any atom is 0.259 e. The van der Waals surface area contributed by atoms with Crippen molar-refractivity contribution in [2.45, 2.75) is 13.5 Å². The number of para-hydroxylation sites is 1. The molecule has 0 aliphatic carbocycles. The molecule has 0 saturated carbocycles. The molecule has 28 heavy (non-hydrogen) atoms. The minimum atomic E-state index is -0.192. The lowest BCUT2D eigenvalue weighted by molar-refractivity contribution is 0.0745. The summed E-state index contributed by atoms with van der Waals surface area (Å²) >= 11 is 6.09. The van der Waals surface area contributed by atoms with E-state index in [1.807, 2.05) is 54.0 Å². The van der Waals surface area contributed by atoms with E-state index in [1.54, 1.807) is 17.2 Å². The molecule has 0 bridgehead atoms. The number of hydrogen-bond donors (Lipinski definition) is 0. The molecule has 1 aromatic heterocycles. The largest absolute Gasteiger partial charge is 0.368 e. The summed E-state index contributed by atoms with van der Waals surface area (Å²) in [6.45, 7) is 5.27. The number of anilines is 1. The fourth-order valence-corrected chi connectivity index (χ4v) is 3.95. The number of hydrogen-bond acceptors (Lipinski definition) is 3. The summed E-state index contributed by atoms with van der Waals surface area (Å²) in [5.41, 5.74) is 1.97. The van der Waals surface area contributed by atoms with Crippen molar-refractivity contribution < 1.29 is 4.79 Å². The summed E-state index contributed by atoms with van der Waals surface area (Å²) in [4.78, 5) is 30.0. The number of benzene rings is 2. The van der Waals surface area contributed by atoms with Crippen molar-refractivity contribution in [2.75, 3.05) is 31.1 Å². The van der Waals surface area contributed by atoms with E-state index in [1.165, 1.54) is 0 Å². The molecule has 4 rings (SSSR count). The van der Waals surface area contributed by atoms with Gasteiger partial charge in [0.1, 0.15) is 5.56 Å². The van der Waals surface area contributed by atoms with Gasteiger partial charge in [-0.2, -0.15) is 0 Å². The summed E-state index contributed by atoms with van der Waals surface area (Å²) in [6, 6.07) is 15.2. The van der Waals surface area contributed by atoms with Crippen LogP contribution in [0.25, 0.3) is 10.9 Å². The van der Waals surface area contributed by atoms with Crippen LogP contribution in [0.15, 0.2) is 59.5 Å². The fraction of sp³-hybridized carbons (Fsp3) is 0.273. The molecule has 3 aromatic rings. The van der Waals surface area contributed by atoms with Crippen LogP contribution in [0, 0.1) is 0 Å². The maximum absolute atomic E-state index is 13.1. The fourth-order valence-electron chi connectivity index (χ4n) is 3.77. The van der Waals surface area contributed by atoms with Crippen molar-refractivity contribution in [2.24, 2.45) is 0 Å². The summed E-state index contributed by atoms with van der Waals surface area (Å²) < 4.78 is 1.96. The first kappa shape index (κ1) is 18.6. The number of carbonyl (C=O) groups excluding carboxylic acids is 1. The van der Waals surface area contributed by atoms with E-state index >= 15 is 0 Å². The zero-order valence-electron chi connectivity index (χ0n) is 15.8. The van der Waals surface area contributed by atoms with Crippen LogP contribution in [0.5, 0.6) is 0 Å². The van der Waals surface area contributed by atoms with Crippen LogP contribution < -0.4 is 10.3 Å². The Morgan fingerprint density at radius 2 is 1.79 bits per heavy atom. The summed E-state index contributed by atoms with van der Waals surface area (Å²) in [5, 5.41) is 1.29. The molecule has 144 valence electrons. The first-order valence-corrected chi connectivity index (χ1v) is 9.88. The number of halogens is 1. The molecular formula is C22H22ClN3O2. The van der Waals surface area contributed by atoms with Gasteiger partial charge in [0, 0.05) is 55.0 Å². The number of aryl methyl sites for hydroxylation is 1. The van der Waals surface area contributed by atoms with Gasteiger partial charge in [0.25, 0.3) is 5.91 Å². The Kier molecular flexibility index (Phi) is 5.09. The molecule has 1 aliphatic heterocycles. The van der Waals surface area contributed by atoms with Crippen LogP contribution in [-0.4, -0.2) is 41.6 Å². The van der Waals surface area contributed by atoms with Gasteiger partial charge in [-0.05, 0) is 37.3 Å². The standard InChI is InChI=1S/C22H22ClN3O2/c1-2-24-15-19(21(27)18-8-3-4-9-20(18)24)22(28)26-12-10-25(11-13-26)17-7-5-6-16(23)14-17/h3-9,14-15H,2,10-13H2,1H3. The normalized spacial score (nSPS) is 14.5. The van der Waals surface area contributed by atoms with Crippen LogP contribution in [0.3, 0.4) is 0 Å². The summed E-state index contributed by atoms with van der Waals surface area (Å²) in [6.07, 6.45) is 1.70. The van der Waals surface area contributed by atoms with Crippen molar-refractivity contribution in [1.82, 2.24) is 9.47 Å². The predicted octanol–water partition coefficient (Wildman–Crippen LogP) is 3.64. The molecule has 0 N–H and O–H groups in total. The van der Waals surface area contributed by atoms with Crippen molar-refractivity contribution in [3.05, 3.63) is 75.5 Å². The second-order valence-electron chi connectivity index (χ2n) is 6.93. The molecule has 0 atom stereocenters. The highest BCUT2D eigenvalue weighted by Crippen LogP contribution is 2.21. The van der Waals surface area contributed by atoms with Crippen LogP contribution in [0.1, 0.15) is 17.3 Å². The monoisotopic (exact) mass is 395 g/mol. The number of piperazine rings is 1. The smallest absolute Gasteiger partial charge is 0.259 e.